The second-order valence-electron chi connectivity index (χ2n) is 4.02. The summed E-state index contributed by atoms with van der Waals surface area (Å²) in [7, 11) is 0. The molecule has 0 radical (unpaired) electrons. The fraction of sp³-hybridized carbons (Fsp3) is 0.0769. The van der Waals surface area contributed by atoms with E-state index in [1.165, 1.54) is 0 Å². The number of anilines is 1. The summed E-state index contributed by atoms with van der Waals surface area (Å²) in [5.74, 6) is -7.77. The predicted octanol–water partition coefficient (Wildman–Crippen LogP) is 3.70. The Labute approximate surface area is 110 Å². The Morgan fingerprint density at radius 1 is 0.800 bits per heavy atom. The molecule has 2 nitrogen and oxygen atoms in total. The Kier molecular flexibility index (Phi) is 3.78. The summed E-state index contributed by atoms with van der Waals surface area (Å²) in [5.41, 5.74) is 0.0123. The Morgan fingerprint density at radius 3 is 1.80 bits per heavy atom. The summed E-state index contributed by atoms with van der Waals surface area (Å²) in [6, 6.07) is 3.15. The van der Waals surface area contributed by atoms with Gasteiger partial charge in [-0.1, -0.05) is 0 Å². The first kappa shape index (κ1) is 14.1. The number of benzene rings is 2. The molecule has 0 saturated carbocycles. The topological polar surface area (TPSA) is 32.3 Å². The Balaban J connectivity index is 2.17. The molecule has 0 fully saturated rings. The second-order valence-corrected chi connectivity index (χ2v) is 4.02. The van der Waals surface area contributed by atoms with E-state index >= 15 is 0 Å². The van der Waals surface area contributed by atoms with Gasteiger partial charge in [0.2, 0.25) is 0 Å². The maximum absolute atomic E-state index is 13.1. The van der Waals surface area contributed by atoms with Gasteiger partial charge in [0.05, 0.1) is 0 Å². The van der Waals surface area contributed by atoms with E-state index in [0.717, 1.165) is 12.1 Å². The van der Waals surface area contributed by atoms with Crippen LogP contribution in [0.25, 0.3) is 0 Å². The fourth-order valence-corrected chi connectivity index (χ4v) is 1.58. The number of aromatic hydroxyl groups is 1. The Hall–Kier alpha value is -2.31. The zero-order valence-corrected chi connectivity index (χ0v) is 9.85. The van der Waals surface area contributed by atoms with Gasteiger partial charge in [0.15, 0.2) is 34.8 Å². The summed E-state index contributed by atoms with van der Waals surface area (Å²) in [6.07, 6.45) is 0. The van der Waals surface area contributed by atoms with Crippen molar-refractivity contribution < 1.29 is 27.1 Å². The van der Waals surface area contributed by atoms with Crippen LogP contribution in [0.4, 0.5) is 27.6 Å². The van der Waals surface area contributed by atoms with Gasteiger partial charge >= 0.3 is 0 Å². The van der Waals surface area contributed by atoms with E-state index in [0.29, 0.717) is 12.1 Å². The summed E-state index contributed by atoms with van der Waals surface area (Å²) >= 11 is 0. The molecule has 2 aromatic rings. The smallest absolute Gasteiger partial charge is 0.194 e. The van der Waals surface area contributed by atoms with Crippen molar-refractivity contribution in [1.29, 1.82) is 0 Å². The quantitative estimate of drug-likeness (QED) is 0.667. The zero-order valence-electron chi connectivity index (χ0n) is 9.85. The molecule has 0 heterocycles. The molecule has 2 N–H and O–H groups in total. The first-order valence-corrected chi connectivity index (χ1v) is 5.44. The highest BCUT2D eigenvalue weighted by molar-refractivity contribution is 5.45. The van der Waals surface area contributed by atoms with Crippen LogP contribution in [0.3, 0.4) is 0 Å². The van der Waals surface area contributed by atoms with E-state index < -0.39 is 34.8 Å². The summed E-state index contributed by atoms with van der Waals surface area (Å²) in [4.78, 5) is 0. The molecular weight excluding hydrogens is 281 g/mol. The lowest BCUT2D eigenvalue weighted by Gasteiger charge is -2.08. The molecule has 0 aromatic heterocycles. The van der Waals surface area contributed by atoms with Gasteiger partial charge in [0.1, 0.15) is 0 Å². The number of phenols is 1. The van der Waals surface area contributed by atoms with Crippen molar-refractivity contribution >= 4 is 5.69 Å². The molecule has 20 heavy (non-hydrogen) atoms. The van der Waals surface area contributed by atoms with Gasteiger partial charge in [0.25, 0.3) is 0 Å². The van der Waals surface area contributed by atoms with Crippen molar-refractivity contribution in [2.45, 2.75) is 6.54 Å². The normalized spacial score (nSPS) is 10.7. The maximum atomic E-state index is 13.1. The monoisotopic (exact) mass is 289 g/mol. The van der Waals surface area contributed by atoms with Gasteiger partial charge in [-0.3, -0.25) is 0 Å². The number of hydrogen-bond donors (Lipinski definition) is 2. The van der Waals surface area contributed by atoms with Crippen molar-refractivity contribution in [2.75, 3.05) is 5.32 Å². The average Bonchev–Trinajstić information content (AvgIpc) is 2.39. The van der Waals surface area contributed by atoms with Gasteiger partial charge < -0.3 is 10.4 Å². The lowest BCUT2D eigenvalue weighted by Crippen LogP contribution is -2.03. The van der Waals surface area contributed by atoms with E-state index in [4.69, 9.17) is 5.11 Å². The second kappa shape index (κ2) is 5.36. The minimum Gasteiger partial charge on any atom is -0.503 e. The molecule has 0 unspecified atom stereocenters. The maximum Gasteiger partial charge on any atom is 0.194 e. The molecule has 0 spiro atoms. The van der Waals surface area contributed by atoms with Crippen LogP contribution in [0.2, 0.25) is 0 Å². The van der Waals surface area contributed by atoms with Crippen LogP contribution in [0, 0.1) is 29.1 Å². The minimum absolute atomic E-state index is 0.0877. The molecule has 7 heteroatoms. The SMILES string of the molecule is Oc1c(F)cc(CNc2cc(F)c(F)c(F)c2)cc1F. The van der Waals surface area contributed by atoms with Crippen molar-refractivity contribution in [3.63, 3.8) is 0 Å². The average molecular weight is 289 g/mol. The molecule has 0 aliphatic rings. The van der Waals surface area contributed by atoms with E-state index in [1.807, 2.05) is 0 Å². The summed E-state index contributed by atoms with van der Waals surface area (Å²) in [5, 5.41) is 11.4. The van der Waals surface area contributed by atoms with Crippen LogP contribution in [0.5, 0.6) is 5.75 Å². The summed E-state index contributed by atoms with van der Waals surface area (Å²) in [6.45, 7) is -0.168. The molecule has 106 valence electrons. The number of nitrogens with one attached hydrogen (secondary N) is 1. The van der Waals surface area contributed by atoms with E-state index in [-0.39, 0.29) is 17.8 Å². The molecular formula is C13H8F5NO. The largest absolute Gasteiger partial charge is 0.503 e. The third kappa shape index (κ3) is 2.81. The molecule has 0 bridgehead atoms. The van der Waals surface area contributed by atoms with Crippen LogP contribution in [0.15, 0.2) is 24.3 Å². The fourth-order valence-electron chi connectivity index (χ4n) is 1.58. The highest BCUT2D eigenvalue weighted by atomic mass is 19.2. The van der Waals surface area contributed by atoms with Gasteiger partial charge in [-0.15, -0.1) is 0 Å². The summed E-state index contributed by atoms with van der Waals surface area (Å²) < 4.78 is 64.7. The van der Waals surface area contributed by atoms with Crippen molar-refractivity contribution in [3.8, 4) is 5.75 Å². The zero-order chi connectivity index (χ0) is 14.9. The number of rotatable bonds is 3. The van der Waals surface area contributed by atoms with Crippen molar-refractivity contribution in [2.24, 2.45) is 0 Å². The van der Waals surface area contributed by atoms with Crippen molar-refractivity contribution in [3.05, 3.63) is 58.9 Å². The van der Waals surface area contributed by atoms with Gasteiger partial charge in [-0.25, -0.2) is 22.0 Å². The van der Waals surface area contributed by atoms with Crippen LogP contribution in [0.1, 0.15) is 5.56 Å². The highest BCUT2D eigenvalue weighted by Gasteiger charge is 2.12. The van der Waals surface area contributed by atoms with E-state index in [9.17, 15) is 22.0 Å². The Morgan fingerprint density at radius 2 is 1.30 bits per heavy atom. The van der Waals surface area contributed by atoms with Crippen LogP contribution < -0.4 is 5.32 Å². The third-order valence-electron chi connectivity index (χ3n) is 2.56. The molecule has 2 aromatic carbocycles. The number of phenolic OH excluding ortho intramolecular Hbond substituents is 1. The molecule has 0 aliphatic heterocycles. The predicted molar refractivity (Wildman–Crippen MR) is 61.7 cm³/mol. The van der Waals surface area contributed by atoms with Gasteiger partial charge in [0, 0.05) is 24.4 Å². The van der Waals surface area contributed by atoms with Crippen LogP contribution in [-0.2, 0) is 6.54 Å². The molecule has 0 aliphatic carbocycles. The molecule has 2 rings (SSSR count). The van der Waals surface area contributed by atoms with E-state index in [1.54, 1.807) is 0 Å². The first-order valence-electron chi connectivity index (χ1n) is 5.44. The van der Waals surface area contributed by atoms with E-state index in [2.05, 4.69) is 5.32 Å². The van der Waals surface area contributed by atoms with Gasteiger partial charge in [-0.05, 0) is 17.7 Å². The number of hydrogen-bond acceptors (Lipinski definition) is 2. The molecule has 0 amide bonds. The minimum atomic E-state index is -1.60. The standard InChI is InChI=1S/C13H8F5NO/c14-8-3-7(4-9(15)12(8)18)19-5-6-1-10(16)13(20)11(17)2-6/h1-4,19-20H,5H2. The highest BCUT2D eigenvalue weighted by Crippen LogP contribution is 2.23. The first-order chi connectivity index (χ1) is 9.38. The lowest BCUT2D eigenvalue weighted by molar-refractivity contribution is 0.395. The lowest BCUT2D eigenvalue weighted by atomic mass is 10.2. The molecule has 0 saturated heterocycles. The van der Waals surface area contributed by atoms with Crippen molar-refractivity contribution in [1.82, 2.24) is 0 Å². The third-order valence-corrected chi connectivity index (χ3v) is 2.56. The van der Waals surface area contributed by atoms with Crippen LogP contribution in [-0.4, -0.2) is 5.11 Å². The Bertz CT molecular complexity index is 556. The van der Waals surface area contributed by atoms with Gasteiger partial charge in [-0.2, -0.15) is 0 Å². The number of halogens is 5. The molecule has 0 atom stereocenters. The van der Waals surface area contributed by atoms with Crippen LogP contribution >= 0.6 is 0 Å².